The molecule has 1 aromatic rings. The van der Waals surface area contributed by atoms with E-state index in [0.717, 1.165) is 31.7 Å². The highest BCUT2D eigenvalue weighted by molar-refractivity contribution is 7.89. The zero-order valence-electron chi connectivity index (χ0n) is 12.0. The second-order valence-corrected chi connectivity index (χ2v) is 7.18. The highest BCUT2D eigenvalue weighted by Crippen LogP contribution is 2.18. The van der Waals surface area contributed by atoms with Gasteiger partial charge in [-0.3, -0.25) is 0 Å². The van der Waals surface area contributed by atoms with Gasteiger partial charge in [0.1, 0.15) is 6.10 Å². The van der Waals surface area contributed by atoms with E-state index in [9.17, 15) is 12.8 Å². The molecular weight excluding hydrogens is 297 g/mol. The summed E-state index contributed by atoms with van der Waals surface area (Å²) in [5.41, 5.74) is 0. The maximum Gasteiger partial charge on any atom is 0.316 e. The van der Waals surface area contributed by atoms with Gasteiger partial charge in [0, 0.05) is 6.54 Å². The molecule has 1 unspecified atom stereocenters. The van der Waals surface area contributed by atoms with Gasteiger partial charge >= 0.3 is 6.01 Å². The Kier molecular flexibility index (Phi) is 5.46. The second kappa shape index (κ2) is 7.13. The lowest BCUT2D eigenvalue weighted by molar-refractivity contribution is 0.119. The largest absolute Gasteiger partial charge is 0.459 e. The molecule has 0 spiro atoms. The van der Waals surface area contributed by atoms with Gasteiger partial charge in [0.2, 0.25) is 10.0 Å². The lowest BCUT2D eigenvalue weighted by Crippen LogP contribution is -2.45. The van der Waals surface area contributed by atoms with E-state index in [2.05, 4.69) is 9.97 Å². The summed E-state index contributed by atoms with van der Waals surface area (Å²) >= 11 is 0. The van der Waals surface area contributed by atoms with Gasteiger partial charge in [-0.05, 0) is 19.3 Å². The minimum Gasteiger partial charge on any atom is -0.459 e. The summed E-state index contributed by atoms with van der Waals surface area (Å²) in [5.74, 6) is -0.363. The van der Waals surface area contributed by atoms with Crippen LogP contribution in [0.3, 0.4) is 0 Å². The predicted molar refractivity (Wildman–Crippen MR) is 75.9 cm³/mol. The number of aromatic nitrogens is 2. The lowest BCUT2D eigenvalue weighted by atomic mass is 10.1. The number of halogens is 1. The van der Waals surface area contributed by atoms with E-state index in [1.54, 1.807) is 0 Å². The first-order chi connectivity index (χ1) is 10.0. The molecule has 0 radical (unpaired) electrons. The molecule has 0 aliphatic carbocycles. The summed E-state index contributed by atoms with van der Waals surface area (Å²) in [7, 11) is -3.22. The van der Waals surface area contributed by atoms with Gasteiger partial charge in [-0.2, -0.15) is 4.31 Å². The van der Waals surface area contributed by atoms with Crippen molar-refractivity contribution < 1.29 is 17.5 Å². The van der Waals surface area contributed by atoms with E-state index in [1.165, 1.54) is 4.31 Å². The van der Waals surface area contributed by atoms with Gasteiger partial charge < -0.3 is 4.74 Å². The fourth-order valence-corrected chi connectivity index (χ4v) is 3.93. The Hall–Kier alpha value is -1.28. The van der Waals surface area contributed by atoms with Crippen LogP contribution in [0.5, 0.6) is 6.01 Å². The van der Waals surface area contributed by atoms with Crippen LogP contribution in [0, 0.1) is 5.82 Å². The molecule has 1 saturated heterocycles. The minimum absolute atomic E-state index is 0.0780. The van der Waals surface area contributed by atoms with Crippen molar-refractivity contribution >= 4 is 10.0 Å². The molecule has 0 amide bonds. The molecule has 6 nitrogen and oxygen atoms in total. The maximum atomic E-state index is 12.7. The van der Waals surface area contributed by atoms with Gasteiger partial charge in [0.25, 0.3) is 0 Å². The third-order valence-electron chi connectivity index (χ3n) is 3.36. The van der Waals surface area contributed by atoms with Crippen LogP contribution in [-0.2, 0) is 10.0 Å². The van der Waals surface area contributed by atoms with Crippen LogP contribution in [0.1, 0.15) is 32.6 Å². The average molecular weight is 317 g/mol. The first-order valence-electron chi connectivity index (χ1n) is 7.13. The first kappa shape index (κ1) is 16.1. The zero-order valence-corrected chi connectivity index (χ0v) is 12.9. The number of rotatable bonds is 6. The van der Waals surface area contributed by atoms with E-state index < -0.39 is 15.8 Å². The number of sulfonamides is 1. The van der Waals surface area contributed by atoms with E-state index in [1.807, 2.05) is 6.92 Å². The van der Waals surface area contributed by atoms with Crippen molar-refractivity contribution in [3.05, 3.63) is 18.2 Å². The predicted octanol–water partition coefficient (Wildman–Crippen LogP) is 1.59. The van der Waals surface area contributed by atoms with Crippen molar-refractivity contribution in [3.63, 3.8) is 0 Å². The third-order valence-corrected chi connectivity index (χ3v) is 5.28. The number of hydrogen-bond donors (Lipinski definition) is 0. The quantitative estimate of drug-likeness (QED) is 0.796. The van der Waals surface area contributed by atoms with Crippen molar-refractivity contribution in [1.82, 2.24) is 14.3 Å². The standard InChI is InChI=1S/C13H20FN3O3S/c1-2-3-7-21(18,19)17-6-4-5-12(10-17)20-13-15-8-11(14)9-16-13/h8-9,12H,2-7,10H2,1H3. The molecule has 0 saturated carbocycles. The Morgan fingerprint density at radius 3 is 2.81 bits per heavy atom. The maximum absolute atomic E-state index is 12.7. The number of hydrogen-bond acceptors (Lipinski definition) is 5. The van der Waals surface area contributed by atoms with Gasteiger partial charge in [0.15, 0.2) is 5.82 Å². The third kappa shape index (κ3) is 4.60. The highest BCUT2D eigenvalue weighted by atomic mass is 32.2. The number of piperidine rings is 1. The van der Waals surface area contributed by atoms with Crippen LogP contribution in [-0.4, -0.2) is 47.6 Å². The molecule has 21 heavy (non-hydrogen) atoms. The minimum atomic E-state index is -3.22. The molecule has 8 heteroatoms. The van der Waals surface area contributed by atoms with E-state index in [-0.39, 0.29) is 17.9 Å². The lowest BCUT2D eigenvalue weighted by Gasteiger charge is -2.31. The summed E-state index contributed by atoms with van der Waals surface area (Å²) in [4.78, 5) is 7.47. The molecule has 0 N–H and O–H groups in total. The molecular formula is C13H20FN3O3S. The van der Waals surface area contributed by atoms with E-state index in [0.29, 0.717) is 19.5 Å². The van der Waals surface area contributed by atoms with Gasteiger partial charge in [-0.15, -0.1) is 0 Å². The van der Waals surface area contributed by atoms with Crippen molar-refractivity contribution in [1.29, 1.82) is 0 Å². The van der Waals surface area contributed by atoms with Crippen LogP contribution in [0.4, 0.5) is 4.39 Å². The Morgan fingerprint density at radius 2 is 2.14 bits per heavy atom. The fourth-order valence-electron chi connectivity index (χ4n) is 2.22. The Morgan fingerprint density at radius 1 is 1.43 bits per heavy atom. The van der Waals surface area contributed by atoms with Crippen molar-refractivity contribution in [3.8, 4) is 6.01 Å². The highest BCUT2D eigenvalue weighted by Gasteiger charge is 2.29. The van der Waals surface area contributed by atoms with E-state index in [4.69, 9.17) is 4.74 Å². The van der Waals surface area contributed by atoms with Gasteiger partial charge in [-0.25, -0.2) is 22.8 Å². The van der Waals surface area contributed by atoms with Crippen LogP contribution in [0.2, 0.25) is 0 Å². The molecule has 118 valence electrons. The van der Waals surface area contributed by atoms with E-state index >= 15 is 0 Å². The molecule has 2 heterocycles. The second-order valence-electron chi connectivity index (χ2n) is 5.09. The fraction of sp³-hybridized carbons (Fsp3) is 0.692. The Labute approximate surface area is 124 Å². The summed E-state index contributed by atoms with van der Waals surface area (Å²) in [6, 6.07) is 0.0780. The molecule has 1 aliphatic rings. The molecule has 1 atom stereocenters. The summed E-state index contributed by atoms with van der Waals surface area (Å²) < 4.78 is 44.1. The zero-order chi connectivity index (χ0) is 15.3. The van der Waals surface area contributed by atoms with Crippen LogP contribution >= 0.6 is 0 Å². The molecule has 1 fully saturated rings. The first-order valence-corrected chi connectivity index (χ1v) is 8.74. The molecule has 2 rings (SSSR count). The summed E-state index contributed by atoms with van der Waals surface area (Å²) in [6.45, 7) is 2.78. The average Bonchev–Trinajstić information content (AvgIpc) is 2.48. The Bertz CT molecular complexity index is 550. The number of ether oxygens (including phenoxy) is 1. The number of nitrogens with zero attached hydrogens (tertiary/aromatic N) is 3. The van der Waals surface area contributed by atoms with Gasteiger partial charge in [-0.1, -0.05) is 13.3 Å². The monoisotopic (exact) mass is 317 g/mol. The van der Waals surface area contributed by atoms with Crippen molar-refractivity contribution in [2.45, 2.75) is 38.7 Å². The van der Waals surface area contributed by atoms with Gasteiger partial charge in [0.05, 0.1) is 24.7 Å². The Balaban J connectivity index is 1.95. The number of unbranched alkanes of at least 4 members (excludes halogenated alkanes) is 1. The van der Waals surface area contributed by atoms with Crippen LogP contribution < -0.4 is 4.74 Å². The molecule has 0 aromatic carbocycles. The van der Waals surface area contributed by atoms with Crippen molar-refractivity contribution in [2.75, 3.05) is 18.8 Å². The molecule has 1 aliphatic heterocycles. The van der Waals surface area contributed by atoms with Crippen LogP contribution in [0.25, 0.3) is 0 Å². The van der Waals surface area contributed by atoms with Crippen LogP contribution in [0.15, 0.2) is 12.4 Å². The summed E-state index contributed by atoms with van der Waals surface area (Å²) in [6.07, 6.45) is 4.74. The molecule has 1 aromatic heterocycles. The molecule has 0 bridgehead atoms. The van der Waals surface area contributed by atoms with Crippen molar-refractivity contribution in [2.24, 2.45) is 0 Å². The SMILES string of the molecule is CCCCS(=O)(=O)N1CCCC(Oc2ncc(F)cn2)C1. The smallest absolute Gasteiger partial charge is 0.316 e. The normalized spacial score (nSPS) is 20.4. The topological polar surface area (TPSA) is 72.4 Å². The summed E-state index contributed by atoms with van der Waals surface area (Å²) in [5, 5.41) is 0.